The van der Waals surface area contributed by atoms with Gasteiger partial charge in [-0.05, 0) is 49.3 Å². The largest absolute Gasteiger partial charge is 0.0654 e. The molecule has 0 saturated carbocycles. The quantitative estimate of drug-likeness (QED) is 0.156. The molecular formula is C70H80. The number of aryl methyl sites for hydroxylation is 4. The van der Waals surface area contributed by atoms with Gasteiger partial charge in [0.25, 0.3) is 0 Å². The van der Waals surface area contributed by atoms with Crippen molar-refractivity contribution in [3.8, 4) is 0 Å². The van der Waals surface area contributed by atoms with E-state index in [0.717, 1.165) is 6.42 Å². The van der Waals surface area contributed by atoms with Gasteiger partial charge in [-0.1, -0.05) is 379 Å². The summed E-state index contributed by atoms with van der Waals surface area (Å²) in [6.07, 6.45) is 7.42. The van der Waals surface area contributed by atoms with Crippen LogP contribution in [0, 0.1) is 6.92 Å². The Balaban J connectivity index is 0.000000391. The van der Waals surface area contributed by atoms with Gasteiger partial charge in [-0.2, -0.15) is 0 Å². The molecule has 0 amide bonds. The molecule has 0 atom stereocenters. The first-order valence-corrected chi connectivity index (χ1v) is 24.8. The minimum absolute atomic E-state index is 1.14. The highest BCUT2D eigenvalue weighted by atomic mass is 13.9. The van der Waals surface area contributed by atoms with E-state index in [1.54, 1.807) is 0 Å². The number of unbranched alkanes of at least 4 members (excludes halogenated alkanes) is 1. The molecule has 0 spiro atoms. The highest BCUT2D eigenvalue weighted by Gasteiger charge is 1.88. The Kier molecular flexibility index (Phi) is 43.5. The highest BCUT2D eigenvalue weighted by Crippen LogP contribution is 2.03. The average molecular weight is 921 g/mol. The Labute approximate surface area is 426 Å². The van der Waals surface area contributed by atoms with Crippen molar-refractivity contribution in [1.82, 2.24) is 0 Å². The van der Waals surface area contributed by atoms with Gasteiger partial charge in [-0.25, -0.2) is 0 Å². The Morgan fingerprint density at radius 1 is 0.200 bits per heavy atom. The third-order valence-corrected chi connectivity index (χ3v) is 9.23. The summed E-state index contributed by atoms with van der Waals surface area (Å²) >= 11 is 0. The molecule has 0 radical (unpaired) electrons. The van der Waals surface area contributed by atoms with Crippen LogP contribution in [0.5, 0.6) is 0 Å². The Morgan fingerprint density at radius 2 is 0.386 bits per heavy atom. The maximum Gasteiger partial charge on any atom is -0.0279 e. The summed E-state index contributed by atoms with van der Waals surface area (Å²) in [7, 11) is 0. The van der Waals surface area contributed by atoms with E-state index in [2.05, 4.69) is 125 Å². The molecule has 0 unspecified atom stereocenters. The normalized spacial score (nSPS) is 8.63. The van der Waals surface area contributed by atoms with E-state index in [9.17, 15) is 0 Å². The topological polar surface area (TPSA) is 0 Å². The van der Waals surface area contributed by atoms with Gasteiger partial charge in [0.05, 0.1) is 0 Å². The summed E-state index contributed by atoms with van der Waals surface area (Å²) in [5.74, 6) is 0. The molecule has 10 rings (SSSR count). The molecule has 10 aromatic rings. The van der Waals surface area contributed by atoms with Gasteiger partial charge in [0, 0.05) is 0 Å². The van der Waals surface area contributed by atoms with Gasteiger partial charge in [-0.3, -0.25) is 0 Å². The van der Waals surface area contributed by atoms with Crippen LogP contribution in [-0.2, 0) is 19.3 Å². The maximum absolute atomic E-state index is 2.23. The summed E-state index contributed by atoms with van der Waals surface area (Å²) in [6, 6.07) is 114. The lowest BCUT2D eigenvalue weighted by Gasteiger charge is -1.96. The fraction of sp³-hybridized carbons (Fsp3) is 0.143. The lowest BCUT2D eigenvalue weighted by atomic mass is 10.1. The van der Waals surface area contributed by atoms with E-state index in [1.165, 1.54) is 54.4 Å². The maximum atomic E-state index is 2.23. The van der Waals surface area contributed by atoms with Crippen LogP contribution in [0.15, 0.2) is 340 Å². The van der Waals surface area contributed by atoms with Crippen LogP contribution in [0.4, 0.5) is 0 Å². The van der Waals surface area contributed by atoms with Crippen molar-refractivity contribution in [1.29, 1.82) is 0 Å². The van der Waals surface area contributed by atoms with Crippen LogP contribution in [0.3, 0.4) is 0 Å². The SMILES string of the molecule is CCCCc1ccccc1.CCCc1ccccc1.CCc1ccccc1.Cc1ccccc1.c1ccccc1.c1ccccc1.c1ccccc1.c1ccccc1.c1ccccc1.c1ccccc1. The summed E-state index contributed by atoms with van der Waals surface area (Å²) in [5.41, 5.74) is 5.64. The van der Waals surface area contributed by atoms with Crippen LogP contribution >= 0.6 is 0 Å². The predicted molar refractivity (Wildman–Crippen MR) is 311 cm³/mol. The second kappa shape index (κ2) is 50.6. The molecular weight excluding hydrogens is 841 g/mol. The third-order valence-electron chi connectivity index (χ3n) is 9.23. The van der Waals surface area contributed by atoms with E-state index in [1.807, 2.05) is 243 Å². The Morgan fingerprint density at radius 3 is 0.543 bits per heavy atom. The highest BCUT2D eigenvalue weighted by molar-refractivity contribution is 5.16. The molecule has 0 aliphatic rings. The Bertz CT molecular complexity index is 1940. The van der Waals surface area contributed by atoms with Crippen LogP contribution in [0.1, 0.15) is 62.3 Å². The molecule has 0 heterocycles. The average Bonchev–Trinajstić information content (AvgIpc) is 3.48. The van der Waals surface area contributed by atoms with Gasteiger partial charge in [0.2, 0.25) is 0 Å². The van der Waals surface area contributed by atoms with Gasteiger partial charge in [0.15, 0.2) is 0 Å². The van der Waals surface area contributed by atoms with Gasteiger partial charge in [-0.15, -0.1) is 0 Å². The van der Waals surface area contributed by atoms with E-state index in [0.29, 0.717) is 0 Å². The van der Waals surface area contributed by atoms with Crippen molar-refractivity contribution in [2.24, 2.45) is 0 Å². The van der Waals surface area contributed by atoms with E-state index in [4.69, 9.17) is 0 Å². The van der Waals surface area contributed by atoms with Crippen molar-refractivity contribution in [3.63, 3.8) is 0 Å². The standard InChI is InChI=1S/C10H14.C9H12.C8H10.C7H8.6C6H6/c1-2-3-7-10-8-5-4-6-9-10;1-2-6-9-7-4-3-5-8-9;1-2-8-6-4-3-5-7-8;1-7-5-3-2-4-6-7;6*1-2-4-6-5-3-1/h4-6,8-9H,2-3,7H2,1H3;3-5,7-8H,2,6H2,1H3;3-7H,2H2,1H3;2-6H,1H3;6*1-6H. The van der Waals surface area contributed by atoms with Crippen molar-refractivity contribution in [3.05, 3.63) is 362 Å². The minimum atomic E-state index is 1.14. The zero-order chi connectivity index (χ0) is 50.2. The molecule has 0 aliphatic heterocycles. The second-order valence-electron chi connectivity index (χ2n) is 15.2. The van der Waals surface area contributed by atoms with Crippen LogP contribution in [0.2, 0.25) is 0 Å². The predicted octanol–water partition coefficient (Wildman–Crippen LogP) is 20.0. The zero-order valence-electron chi connectivity index (χ0n) is 42.6. The number of benzene rings is 10. The molecule has 0 aromatic heterocycles. The summed E-state index contributed by atoms with van der Waals surface area (Å²) in [6.45, 7) is 8.67. The van der Waals surface area contributed by atoms with E-state index in [-0.39, 0.29) is 0 Å². The molecule has 0 bridgehead atoms. The Hall–Kier alpha value is -7.80. The first-order chi connectivity index (χ1) is 34.7. The first kappa shape index (κ1) is 60.2. The van der Waals surface area contributed by atoms with E-state index >= 15 is 0 Å². The lowest BCUT2D eigenvalue weighted by molar-refractivity contribution is 0.795. The van der Waals surface area contributed by atoms with Gasteiger partial charge < -0.3 is 0 Å². The fourth-order valence-electron chi connectivity index (χ4n) is 5.52. The molecule has 0 nitrogen and oxygen atoms in total. The summed E-state index contributed by atoms with van der Waals surface area (Å²) in [4.78, 5) is 0. The zero-order valence-corrected chi connectivity index (χ0v) is 42.6. The fourth-order valence-corrected chi connectivity index (χ4v) is 5.52. The number of hydrogen-bond donors (Lipinski definition) is 0. The van der Waals surface area contributed by atoms with Crippen LogP contribution in [-0.4, -0.2) is 0 Å². The third kappa shape index (κ3) is 44.1. The molecule has 360 valence electrons. The molecule has 0 aliphatic carbocycles. The number of rotatable bonds is 6. The molecule has 10 aromatic carbocycles. The monoisotopic (exact) mass is 921 g/mol. The van der Waals surface area contributed by atoms with Crippen molar-refractivity contribution in [2.45, 2.75) is 66.2 Å². The van der Waals surface area contributed by atoms with Gasteiger partial charge >= 0.3 is 0 Å². The van der Waals surface area contributed by atoms with Crippen molar-refractivity contribution >= 4 is 0 Å². The van der Waals surface area contributed by atoms with Gasteiger partial charge in [0.1, 0.15) is 0 Å². The molecule has 0 N–H and O–H groups in total. The van der Waals surface area contributed by atoms with Crippen molar-refractivity contribution < 1.29 is 0 Å². The summed E-state index contributed by atoms with van der Waals surface area (Å²) < 4.78 is 0. The second-order valence-corrected chi connectivity index (χ2v) is 15.2. The van der Waals surface area contributed by atoms with E-state index < -0.39 is 0 Å². The summed E-state index contributed by atoms with van der Waals surface area (Å²) in [5, 5.41) is 0. The molecule has 0 fully saturated rings. The number of hydrogen-bond acceptors (Lipinski definition) is 0. The molecule has 0 saturated heterocycles. The van der Waals surface area contributed by atoms with Crippen LogP contribution < -0.4 is 0 Å². The first-order valence-electron chi connectivity index (χ1n) is 24.8. The minimum Gasteiger partial charge on any atom is -0.0654 e. The molecule has 0 heteroatoms. The molecule has 70 heavy (non-hydrogen) atoms. The van der Waals surface area contributed by atoms with Crippen molar-refractivity contribution in [2.75, 3.05) is 0 Å². The smallest absolute Gasteiger partial charge is 0.0279 e. The lowest BCUT2D eigenvalue weighted by Crippen LogP contribution is -1.81. The van der Waals surface area contributed by atoms with Crippen LogP contribution in [0.25, 0.3) is 0 Å².